The van der Waals surface area contributed by atoms with Gasteiger partial charge in [-0.2, -0.15) is 0 Å². The van der Waals surface area contributed by atoms with Crippen LogP contribution in [0.1, 0.15) is 11.1 Å². The lowest BCUT2D eigenvalue weighted by molar-refractivity contribution is 0.254. The van der Waals surface area contributed by atoms with Gasteiger partial charge in [-0.05, 0) is 56.6 Å². The first kappa shape index (κ1) is 32.1. The number of amides is 2. The molecular formula is C28H33F2N9O4. The molecule has 228 valence electrons. The normalized spacial score (nSPS) is 12.4. The van der Waals surface area contributed by atoms with Crippen LogP contribution in [-0.4, -0.2) is 60.6 Å². The molecule has 0 spiro atoms. The Kier molecular flexibility index (Phi) is 10.4. The van der Waals surface area contributed by atoms with E-state index in [0.717, 1.165) is 22.8 Å². The van der Waals surface area contributed by atoms with Crippen LogP contribution < -0.4 is 39.1 Å². The van der Waals surface area contributed by atoms with Crippen LogP contribution in [0.4, 0.5) is 30.8 Å². The molecule has 15 heteroatoms. The molecule has 2 amide bonds. The smallest absolute Gasteiger partial charge is 0.338 e. The average molecular weight is 598 g/mol. The second-order valence-electron chi connectivity index (χ2n) is 9.38. The third-order valence-corrected chi connectivity index (χ3v) is 6.05. The molecule has 1 heterocycles. The number of hydrogen-bond donors (Lipinski definition) is 5. The fourth-order valence-electron chi connectivity index (χ4n) is 3.91. The maximum atomic E-state index is 14.6. The molecule has 0 fully saturated rings. The predicted molar refractivity (Wildman–Crippen MR) is 162 cm³/mol. The molecule has 2 aromatic carbocycles. The molecule has 0 aliphatic rings. The van der Waals surface area contributed by atoms with Crippen molar-refractivity contribution in [3.63, 3.8) is 0 Å². The zero-order chi connectivity index (χ0) is 31.8. The summed E-state index contributed by atoms with van der Waals surface area (Å²) in [6.45, 7) is -0.598. The van der Waals surface area contributed by atoms with E-state index in [9.17, 15) is 23.2 Å². The molecular weight excluding hydrogens is 564 g/mol. The molecule has 0 radical (unpaired) electrons. The molecule has 43 heavy (non-hydrogen) atoms. The van der Waals surface area contributed by atoms with Crippen molar-refractivity contribution in [3.05, 3.63) is 104 Å². The lowest BCUT2D eigenvalue weighted by Crippen LogP contribution is -2.46. The number of nitrogens with zero attached hydrogens (tertiary/aromatic N) is 4. The van der Waals surface area contributed by atoms with E-state index in [-0.39, 0.29) is 35.3 Å². The fourth-order valence-corrected chi connectivity index (χ4v) is 3.91. The first-order valence-corrected chi connectivity index (χ1v) is 12.7. The van der Waals surface area contributed by atoms with Crippen LogP contribution in [0.25, 0.3) is 5.82 Å². The molecule has 0 aliphatic carbocycles. The number of benzene rings is 2. The molecule has 13 nitrogen and oxygen atoms in total. The number of nitrogens with one attached hydrogen (secondary N) is 2. The Morgan fingerprint density at radius 1 is 1.07 bits per heavy atom. The Morgan fingerprint density at radius 2 is 1.70 bits per heavy atom. The van der Waals surface area contributed by atoms with E-state index >= 15 is 0 Å². The molecule has 0 aliphatic heterocycles. The van der Waals surface area contributed by atoms with E-state index in [1.807, 2.05) is 0 Å². The lowest BCUT2D eigenvalue weighted by atomic mass is 10.1. The van der Waals surface area contributed by atoms with Crippen molar-refractivity contribution in [1.82, 2.24) is 19.4 Å². The zero-order valence-electron chi connectivity index (χ0n) is 24.0. The molecule has 3 aromatic rings. The molecule has 3 rings (SSSR count). The Bertz CT molecular complexity index is 1690. The molecule has 0 saturated heterocycles. The summed E-state index contributed by atoms with van der Waals surface area (Å²) in [7, 11) is 6.23. The SMILES string of the molecule is CNC(=O)Nc1ccc(N=C(CN(C)C)c2c(N)n(Cc3c(F)cccc3F)c(=O)n(/C(N)=C/C=C(\N)OC)c2=O)cc1. The second kappa shape index (κ2) is 14.0. The summed E-state index contributed by atoms with van der Waals surface area (Å²) >= 11 is 0. The number of halogens is 2. The van der Waals surface area contributed by atoms with Crippen LogP contribution in [0.3, 0.4) is 0 Å². The summed E-state index contributed by atoms with van der Waals surface area (Å²) in [6.07, 6.45) is 2.39. The van der Waals surface area contributed by atoms with Crippen LogP contribution in [-0.2, 0) is 11.3 Å². The number of nitrogens with two attached hydrogens (primary N) is 3. The van der Waals surface area contributed by atoms with E-state index in [1.165, 1.54) is 26.3 Å². The summed E-state index contributed by atoms with van der Waals surface area (Å²) in [5, 5.41) is 5.06. The summed E-state index contributed by atoms with van der Waals surface area (Å²) in [5.41, 5.74) is 16.5. The molecule has 0 saturated carbocycles. The highest BCUT2D eigenvalue weighted by Gasteiger charge is 2.24. The van der Waals surface area contributed by atoms with Crippen LogP contribution in [0.5, 0.6) is 0 Å². The van der Waals surface area contributed by atoms with Gasteiger partial charge in [0.05, 0.1) is 25.1 Å². The van der Waals surface area contributed by atoms with Crippen molar-refractivity contribution in [2.45, 2.75) is 6.54 Å². The number of likely N-dealkylation sites (N-methyl/N-ethyl adjacent to an activating group) is 1. The standard InChI is InChI=1S/C28H33F2N9O4/c1-34-27(41)36-17-10-8-16(9-11-17)35-21(15-37(2)3)24-25(33)38(14-18-19(29)6-5-7-20(18)30)28(42)39(26(24)40)22(31)12-13-23(32)43-4/h5-13H,14-15,31-33H2,1-4H3,(H2,34,36,41)/b22-12+,23-13+,35-21?. The van der Waals surface area contributed by atoms with Gasteiger partial charge in [-0.15, -0.1) is 0 Å². The van der Waals surface area contributed by atoms with E-state index in [1.54, 1.807) is 43.3 Å². The molecule has 8 N–H and O–H groups in total. The maximum Gasteiger partial charge on any atom is 0.338 e. The van der Waals surface area contributed by atoms with Gasteiger partial charge < -0.3 is 37.5 Å². The number of anilines is 2. The van der Waals surface area contributed by atoms with Crippen molar-refractivity contribution in [2.24, 2.45) is 16.5 Å². The number of methoxy groups -OCH3 is 1. The number of aliphatic imine (C=N–C) groups is 1. The van der Waals surface area contributed by atoms with Crippen LogP contribution in [0, 0.1) is 11.6 Å². The minimum atomic E-state index is -1.05. The number of carbonyl (C=O) groups is 1. The first-order chi connectivity index (χ1) is 20.4. The highest BCUT2D eigenvalue weighted by Crippen LogP contribution is 2.20. The van der Waals surface area contributed by atoms with Crippen molar-refractivity contribution in [1.29, 1.82) is 0 Å². The van der Waals surface area contributed by atoms with E-state index in [2.05, 4.69) is 15.6 Å². The topological polar surface area (TPSA) is 188 Å². The molecule has 0 bridgehead atoms. The number of hydrogen-bond acceptors (Lipinski definition) is 9. The minimum absolute atomic E-state index is 0.0596. The van der Waals surface area contributed by atoms with Crippen LogP contribution in [0.15, 0.2) is 75.1 Å². The summed E-state index contributed by atoms with van der Waals surface area (Å²) in [5.74, 6) is -2.65. The van der Waals surface area contributed by atoms with Gasteiger partial charge in [0.1, 0.15) is 28.8 Å². The Hall–Kier alpha value is -5.44. The highest BCUT2D eigenvalue weighted by molar-refractivity contribution is 6.06. The number of rotatable bonds is 10. The van der Waals surface area contributed by atoms with Gasteiger partial charge in [0, 0.05) is 30.9 Å². The lowest BCUT2D eigenvalue weighted by Gasteiger charge is -2.20. The van der Waals surface area contributed by atoms with Gasteiger partial charge in [0.15, 0.2) is 5.88 Å². The van der Waals surface area contributed by atoms with Crippen molar-refractivity contribution >= 4 is 34.8 Å². The van der Waals surface area contributed by atoms with Gasteiger partial charge in [-0.1, -0.05) is 6.07 Å². The number of urea groups is 1. The van der Waals surface area contributed by atoms with Gasteiger partial charge in [0.2, 0.25) is 0 Å². The summed E-state index contributed by atoms with van der Waals surface area (Å²) in [6, 6.07) is 9.20. The first-order valence-electron chi connectivity index (χ1n) is 12.7. The van der Waals surface area contributed by atoms with Crippen LogP contribution in [0.2, 0.25) is 0 Å². The van der Waals surface area contributed by atoms with E-state index < -0.39 is 41.0 Å². The minimum Gasteiger partial charge on any atom is -0.483 e. The van der Waals surface area contributed by atoms with E-state index in [0.29, 0.717) is 15.9 Å². The largest absolute Gasteiger partial charge is 0.483 e. The number of carbonyl (C=O) groups excluding carboxylic acids is 1. The van der Waals surface area contributed by atoms with Crippen molar-refractivity contribution in [3.8, 4) is 0 Å². The molecule has 1 aromatic heterocycles. The maximum absolute atomic E-state index is 14.6. The van der Waals surface area contributed by atoms with Crippen molar-refractivity contribution in [2.75, 3.05) is 45.8 Å². The van der Waals surface area contributed by atoms with Gasteiger partial charge >= 0.3 is 11.7 Å². The Balaban J connectivity index is 2.33. The van der Waals surface area contributed by atoms with E-state index in [4.69, 9.17) is 21.9 Å². The molecule has 0 atom stereocenters. The van der Waals surface area contributed by atoms with Gasteiger partial charge in [-0.3, -0.25) is 14.4 Å². The van der Waals surface area contributed by atoms with Gasteiger partial charge in [-0.25, -0.2) is 22.9 Å². The number of ether oxygens (including phenoxy) is 1. The average Bonchev–Trinajstić information content (AvgIpc) is 2.95. The third kappa shape index (κ3) is 7.65. The predicted octanol–water partition coefficient (Wildman–Crippen LogP) is 1.56. The third-order valence-electron chi connectivity index (χ3n) is 6.05. The number of nitrogen functional groups attached to an aromatic ring is 1. The number of allylic oxidation sites excluding steroid dienone is 2. The zero-order valence-corrected chi connectivity index (χ0v) is 24.0. The Morgan fingerprint density at radius 3 is 2.26 bits per heavy atom. The molecule has 0 unspecified atom stereocenters. The quantitative estimate of drug-likeness (QED) is 0.132. The second-order valence-corrected chi connectivity index (χ2v) is 9.38. The van der Waals surface area contributed by atoms with Crippen molar-refractivity contribution < 1.29 is 18.3 Å². The highest BCUT2D eigenvalue weighted by atomic mass is 19.1. The van der Waals surface area contributed by atoms with Crippen LogP contribution >= 0.6 is 0 Å². The summed E-state index contributed by atoms with van der Waals surface area (Å²) in [4.78, 5) is 45.4. The number of aromatic nitrogens is 2. The Labute approximate surface area is 245 Å². The van der Waals surface area contributed by atoms with Gasteiger partial charge in [0.25, 0.3) is 5.56 Å². The summed E-state index contributed by atoms with van der Waals surface area (Å²) < 4.78 is 35.6. The fraction of sp³-hybridized carbons (Fsp3) is 0.214. The monoisotopic (exact) mass is 597 g/mol.